The Balaban J connectivity index is 2.27. The van der Waals surface area contributed by atoms with Crippen LogP contribution >= 0.6 is 11.3 Å². The highest BCUT2D eigenvalue weighted by Gasteiger charge is 2.08. The summed E-state index contributed by atoms with van der Waals surface area (Å²) in [6, 6.07) is 2.12. The first-order valence-corrected chi connectivity index (χ1v) is 5.33. The monoisotopic (exact) mass is 184 g/mol. The Hall–Kier alpha value is -0.340. The Morgan fingerprint density at radius 2 is 2.25 bits per heavy atom. The fraction of sp³-hybridized carbons (Fsp3) is 0.600. The van der Waals surface area contributed by atoms with E-state index in [4.69, 9.17) is 0 Å². The number of aliphatic hydroxyl groups excluding tert-OH is 1. The topological polar surface area (TPSA) is 20.2 Å². The largest absolute Gasteiger partial charge is 0.393 e. The molecule has 0 saturated carbocycles. The van der Waals surface area contributed by atoms with Gasteiger partial charge in [0, 0.05) is 0 Å². The van der Waals surface area contributed by atoms with E-state index in [1.165, 1.54) is 5.56 Å². The van der Waals surface area contributed by atoms with Gasteiger partial charge in [0.15, 0.2) is 0 Å². The zero-order valence-electron chi connectivity index (χ0n) is 7.66. The Labute approximate surface area is 78.1 Å². The molecule has 0 amide bonds. The van der Waals surface area contributed by atoms with E-state index >= 15 is 0 Å². The van der Waals surface area contributed by atoms with E-state index in [-0.39, 0.29) is 6.10 Å². The van der Waals surface area contributed by atoms with Crippen molar-refractivity contribution in [2.75, 3.05) is 0 Å². The van der Waals surface area contributed by atoms with Gasteiger partial charge in [0.05, 0.1) is 6.10 Å². The zero-order chi connectivity index (χ0) is 8.97. The van der Waals surface area contributed by atoms with Gasteiger partial charge in [0.2, 0.25) is 0 Å². The van der Waals surface area contributed by atoms with Crippen LogP contribution in [-0.2, 0) is 6.42 Å². The molecule has 68 valence electrons. The molecular formula is C10H16OS. The Bertz CT molecular complexity index is 204. The zero-order valence-corrected chi connectivity index (χ0v) is 8.47. The molecule has 0 saturated heterocycles. The molecule has 12 heavy (non-hydrogen) atoms. The molecule has 1 N–H and O–H groups in total. The van der Waals surface area contributed by atoms with Crippen molar-refractivity contribution < 1.29 is 5.11 Å². The Kier molecular flexibility index (Phi) is 3.76. The summed E-state index contributed by atoms with van der Waals surface area (Å²) in [4.78, 5) is 0. The molecule has 0 aliphatic heterocycles. The second-order valence-corrected chi connectivity index (χ2v) is 4.26. The number of aliphatic hydroxyl groups is 1. The lowest BCUT2D eigenvalue weighted by Crippen LogP contribution is -2.15. The quantitative estimate of drug-likeness (QED) is 0.762. The van der Waals surface area contributed by atoms with Gasteiger partial charge >= 0.3 is 0 Å². The standard InChI is InChI=1S/C10H16OS/c1-8(2)10(11)4-3-9-5-6-12-7-9/h5-8,10-11H,3-4H2,1-2H3. The summed E-state index contributed by atoms with van der Waals surface area (Å²) in [5.41, 5.74) is 1.35. The molecule has 1 unspecified atom stereocenters. The fourth-order valence-electron chi connectivity index (χ4n) is 1.08. The van der Waals surface area contributed by atoms with Crippen LogP contribution in [0.3, 0.4) is 0 Å². The lowest BCUT2D eigenvalue weighted by atomic mass is 10.0. The molecule has 0 aliphatic carbocycles. The predicted molar refractivity (Wildman–Crippen MR) is 53.5 cm³/mol. The van der Waals surface area contributed by atoms with Gasteiger partial charge in [0.25, 0.3) is 0 Å². The van der Waals surface area contributed by atoms with Crippen LogP contribution in [0.15, 0.2) is 16.8 Å². The van der Waals surface area contributed by atoms with Gasteiger partial charge < -0.3 is 5.11 Å². The van der Waals surface area contributed by atoms with E-state index in [0.29, 0.717) is 5.92 Å². The first-order valence-electron chi connectivity index (χ1n) is 4.39. The van der Waals surface area contributed by atoms with Gasteiger partial charge in [-0.2, -0.15) is 11.3 Å². The molecule has 0 spiro atoms. The molecule has 2 heteroatoms. The molecule has 0 fully saturated rings. The van der Waals surface area contributed by atoms with Gasteiger partial charge in [-0.3, -0.25) is 0 Å². The third-order valence-corrected chi connectivity index (χ3v) is 2.81. The van der Waals surface area contributed by atoms with Crippen molar-refractivity contribution in [3.8, 4) is 0 Å². The van der Waals surface area contributed by atoms with Crippen molar-refractivity contribution in [2.24, 2.45) is 5.92 Å². The lowest BCUT2D eigenvalue weighted by molar-refractivity contribution is 0.116. The van der Waals surface area contributed by atoms with Crippen molar-refractivity contribution in [1.29, 1.82) is 0 Å². The molecule has 0 aromatic carbocycles. The van der Waals surface area contributed by atoms with Crippen molar-refractivity contribution >= 4 is 11.3 Å². The summed E-state index contributed by atoms with van der Waals surface area (Å²) < 4.78 is 0. The van der Waals surface area contributed by atoms with E-state index in [1.807, 2.05) is 0 Å². The molecular weight excluding hydrogens is 168 g/mol. The first kappa shape index (κ1) is 9.75. The maximum atomic E-state index is 9.53. The van der Waals surface area contributed by atoms with Gasteiger partial charge in [-0.1, -0.05) is 13.8 Å². The number of hydrogen-bond acceptors (Lipinski definition) is 2. The molecule has 1 heterocycles. The van der Waals surface area contributed by atoms with Crippen LogP contribution in [0.4, 0.5) is 0 Å². The van der Waals surface area contributed by atoms with Gasteiger partial charge in [-0.25, -0.2) is 0 Å². The molecule has 1 aromatic rings. The molecule has 0 aliphatic rings. The van der Waals surface area contributed by atoms with Crippen molar-refractivity contribution in [3.63, 3.8) is 0 Å². The Morgan fingerprint density at radius 1 is 1.50 bits per heavy atom. The minimum Gasteiger partial charge on any atom is -0.393 e. The molecule has 1 atom stereocenters. The van der Waals surface area contributed by atoms with Crippen LogP contribution in [0.5, 0.6) is 0 Å². The van der Waals surface area contributed by atoms with Crippen molar-refractivity contribution in [2.45, 2.75) is 32.8 Å². The normalized spacial score (nSPS) is 13.7. The van der Waals surface area contributed by atoms with Crippen molar-refractivity contribution in [3.05, 3.63) is 22.4 Å². The number of hydrogen-bond donors (Lipinski definition) is 1. The summed E-state index contributed by atoms with van der Waals surface area (Å²) in [7, 11) is 0. The van der Waals surface area contributed by atoms with E-state index in [9.17, 15) is 5.11 Å². The highest BCUT2D eigenvalue weighted by molar-refractivity contribution is 7.07. The third-order valence-electron chi connectivity index (χ3n) is 2.08. The highest BCUT2D eigenvalue weighted by Crippen LogP contribution is 2.13. The van der Waals surface area contributed by atoms with Gasteiger partial charge in [-0.05, 0) is 41.1 Å². The second-order valence-electron chi connectivity index (χ2n) is 3.48. The average molecular weight is 184 g/mol. The summed E-state index contributed by atoms with van der Waals surface area (Å²) in [5, 5.41) is 13.8. The van der Waals surface area contributed by atoms with Gasteiger partial charge in [-0.15, -0.1) is 0 Å². The Morgan fingerprint density at radius 3 is 2.75 bits per heavy atom. The first-order chi connectivity index (χ1) is 5.70. The number of aryl methyl sites for hydroxylation is 1. The average Bonchev–Trinajstić information content (AvgIpc) is 2.51. The van der Waals surface area contributed by atoms with E-state index in [2.05, 4.69) is 30.7 Å². The van der Waals surface area contributed by atoms with Crippen molar-refractivity contribution in [1.82, 2.24) is 0 Å². The molecule has 1 nitrogen and oxygen atoms in total. The van der Waals surface area contributed by atoms with E-state index in [1.54, 1.807) is 11.3 Å². The predicted octanol–water partition coefficient (Wildman–Crippen LogP) is 2.70. The van der Waals surface area contributed by atoms with Crippen LogP contribution in [0.2, 0.25) is 0 Å². The number of thiophene rings is 1. The molecule has 0 radical (unpaired) electrons. The van der Waals surface area contributed by atoms with E-state index < -0.39 is 0 Å². The van der Waals surface area contributed by atoms with Gasteiger partial charge in [0.1, 0.15) is 0 Å². The van der Waals surface area contributed by atoms with Crippen LogP contribution in [-0.4, -0.2) is 11.2 Å². The summed E-state index contributed by atoms with van der Waals surface area (Å²) in [6.45, 7) is 4.11. The van der Waals surface area contributed by atoms with Crippen LogP contribution < -0.4 is 0 Å². The molecule has 0 bridgehead atoms. The SMILES string of the molecule is CC(C)C(O)CCc1ccsc1. The smallest absolute Gasteiger partial charge is 0.0566 e. The minimum absolute atomic E-state index is 0.148. The van der Waals surface area contributed by atoms with Crippen LogP contribution in [0.25, 0.3) is 0 Å². The molecule has 1 rings (SSSR count). The van der Waals surface area contributed by atoms with Crippen LogP contribution in [0, 0.1) is 5.92 Å². The maximum absolute atomic E-state index is 9.53. The van der Waals surface area contributed by atoms with Crippen LogP contribution in [0.1, 0.15) is 25.8 Å². The highest BCUT2D eigenvalue weighted by atomic mass is 32.1. The third kappa shape index (κ3) is 2.95. The summed E-state index contributed by atoms with van der Waals surface area (Å²) in [6.07, 6.45) is 1.74. The second kappa shape index (κ2) is 4.63. The van der Waals surface area contributed by atoms with E-state index in [0.717, 1.165) is 12.8 Å². The fourth-order valence-corrected chi connectivity index (χ4v) is 1.79. The number of rotatable bonds is 4. The lowest BCUT2D eigenvalue weighted by Gasteiger charge is -2.13. The maximum Gasteiger partial charge on any atom is 0.0566 e. The summed E-state index contributed by atoms with van der Waals surface area (Å²) in [5.74, 6) is 0.378. The minimum atomic E-state index is -0.148. The molecule has 1 aromatic heterocycles. The summed E-state index contributed by atoms with van der Waals surface area (Å²) >= 11 is 1.72.